The molecule has 1 saturated carbocycles. The minimum absolute atomic E-state index is 0.0206. The second-order valence-electron chi connectivity index (χ2n) is 12.9. The number of primary amides is 1. The number of anilines is 1. The average molecular weight is 583 g/mol. The molecular weight excluding hydrogens is 540 g/mol. The number of phenols is 1. The van der Waals surface area contributed by atoms with Crippen LogP contribution in [0.15, 0.2) is 28.7 Å². The lowest BCUT2D eigenvalue weighted by Gasteiger charge is -2.50. The van der Waals surface area contributed by atoms with Crippen molar-refractivity contribution in [2.45, 2.75) is 63.6 Å². The van der Waals surface area contributed by atoms with Crippen molar-refractivity contribution in [2.75, 3.05) is 39.6 Å². The van der Waals surface area contributed by atoms with Gasteiger partial charge in [-0.05, 0) is 74.7 Å². The van der Waals surface area contributed by atoms with Crippen LogP contribution in [0.1, 0.15) is 60.5 Å². The van der Waals surface area contributed by atoms with Crippen LogP contribution in [0.4, 0.5) is 5.69 Å². The summed E-state index contributed by atoms with van der Waals surface area (Å²) < 4.78 is 0. The third-order valence-electron chi connectivity index (χ3n) is 10.2. The van der Waals surface area contributed by atoms with Crippen molar-refractivity contribution < 1.29 is 34.8 Å². The van der Waals surface area contributed by atoms with Crippen molar-refractivity contribution >= 4 is 23.2 Å². The maximum atomic E-state index is 14.0. The fraction of sp³-hybridized carbons (Fsp3) is 0.581. The fourth-order valence-corrected chi connectivity index (χ4v) is 7.86. The van der Waals surface area contributed by atoms with E-state index in [-0.39, 0.29) is 29.7 Å². The second kappa shape index (κ2) is 10.4. The van der Waals surface area contributed by atoms with Gasteiger partial charge in [-0.15, -0.1) is 0 Å². The first-order chi connectivity index (χ1) is 19.7. The van der Waals surface area contributed by atoms with Crippen molar-refractivity contribution in [3.63, 3.8) is 0 Å². The van der Waals surface area contributed by atoms with Gasteiger partial charge in [-0.2, -0.15) is 0 Å². The normalized spacial score (nSPS) is 28.3. The highest BCUT2D eigenvalue weighted by Crippen LogP contribution is 2.53. The van der Waals surface area contributed by atoms with E-state index in [1.807, 2.05) is 19.0 Å². The van der Waals surface area contributed by atoms with Gasteiger partial charge in [0.1, 0.15) is 22.8 Å². The molecule has 5 rings (SSSR count). The largest absolute Gasteiger partial charge is 0.510 e. The summed E-state index contributed by atoms with van der Waals surface area (Å²) in [6.07, 6.45) is 5.02. The number of phenolic OH excluding ortho intramolecular Hbond substituents is 1. The van der Waals surface area contributed by atoms with Crippen LogP contribution in [0.3, 0.4) is 0 Å². The number of nitrogens with two attached hydrogens (primary N) is 1. The molecule has 0 unspecified atom stereocenters. The molecule has 0 aliphatic heterocycles. The summed E-state index contributed by atoms with van der Waals surface area (Å²) in [7, 11) is 6.97. The maximum Gasteiger partial charge on any atom is 0.255 e. The van der Waals surface area contributed by atoms with Gasteiger partial charge in [-0.3, -0.25) is 19.3 Å². The predicted octanol–water partition coefficient (Wildman–Crippen LogP) is 1.86. The SMILES string of the molecule is CCC1(CNCc2cc(O)c3c(c2N(C)C)C[C@H]2C[C@H]4[C@H](N(C)C)C(O)=C(C(N)=O)C(=O)[C@@]4(O)C(O)=C2C3=O)CCC1. The van der Waals surface area contributed by atoms with E-state index in [2.05, 4.69) is 12.2 Å². The van der Waals surface area contributed by atoms with Crippen molar-refractivity contribution in [1.82, 2.24) is 10.2 Å². The minimum atomic E-state index is -2.65. The Kier molecular flexibility index (Phi) is 7.44. The van der Waals surface area contributed by atoms with Crippen LogP contribution in [0.2, 0.25) is 0 Å². The Balaban J connectivity index is 1.60. The highest BCUT2D eigenvalue weighted by atomic mass is 16.3. The molecule has 0 saturated heterocycles. The highest BCUT2D eigenvalue weighted by molar-refractivity contribution is 6.24. The quantitative estimate of drug-likeness (QED) is 0.248. The molecular formula is C31H42N4O7. The van der Waals surface area contributed by atoms with Crippen molar-refractivity contribution in [3.8, 4) is 5.75 Å². The first-order valence-corrected chi connectivity index (χ1v) is 14.6. The van der Waals surface area contributed by atoms with Gasteiger partial charge in [-0.1, -0.05) is 13.3 Å². The molecule has 42 heavy (non-hydrogen) atoms. The second-order valence-corrected chi connectivity index (χ2v) is 12.9. The van der Waals surface area contributed by atoms with E-state index in [9.17, 15) is 34.8 Å². The van der Waals surface area contributed by atoms with Crippen LogP contribution in [-0.2, 0) is 22.6 Å². The fourth-order valence-electron chi connectivity index (χ4n) is 7.86. The number of allylic oxidation sites excluding steroid dienone is 1. The number of aliphatic hydroxyl groups is 3. The Bertz CT molecular complexity index is 1420. The highest BCUT2D eigenvalue weighted by Gasteiger charge is 2.63. The molecule has 11 nitrogen and oxygen atoms in total. The summed E-state index contributed by atoms with van der Waals surface area (Å²) in [6.45, 7) is 3.57. The third kappa shape index (κ3) is 4.24. The predicted molar refractivity (Wildman–Crippen MR) is 156 cm³/mol. The summed E-state index contributed by atoms with van der Waals surface area (Å²) in [5.74, 6) is -6.52. The van der Waals surface area contributed by atoms with Crippen LogP contribution in [0.25, 0.3) is 0 Å². The van der Waals surface area contributed by atoms with Crippen LogP contribution in [0.5, 0.6) is 5.75 Å². The Labute approximate surface area is 245 Å². The topological polar surface area (TPSA) is 177 Å². The molecule has 0 aromatic heterocycles. The van der Waals surface area contributed by atoms with E-state index in [1.54, 1.807) is 25.1 Å². The van der Waals surface area contributed by atoms with Gasteiger partial charge in [0.25, 0.3) is 5.91 Å². The van der Waals surface area contributed by atoms with E-state index in [0.29, 0.717) is 17.5 Å². The number of amides is 1. The van der Waals surface area contributed by atoms with E-state index in [4.69, 9.17) is 5.73 Å². The van der Waals surface area contributed by atoms with Crippen molar-refractivity contribution in [1.29, 1.82) is 0 Å². The summed E-state index contributed by atoms with van der Waals surface area (Å²) in [5, 5.41) is 48.9. The van der Waals surface area contributed by atoms with E-state index in [0.717, 1.165) is 24.2 Å². The number of hydrogen-bond donors (Lipinski definition) is 6. The first-order valence-electron chi connectivity index (χ1n) is 14.6. The molecule has 0 spiro atoms. The molecule has 1 aromatic rings. The number of benzene rings is 1. The van der Waals surface area contributed by atoms with Crippen molar-refractivity contribution in [3.05, 3.63) is 45.4 Å². The molecule has 4 atom stereocenters. The maximum absolute atomic E-state index is 14.0. The number of nitrogens with one attached hydrogen (secondary N) is 1. The van der Waals surface area contributed by atoms with E-state index >= 15 is 0 Å². The zero-order valence-electron chi connectivity index (χ0n) is 25.0. The average Bonchev–Trinajstić information content (AvgIpc) is 2.87. The van der Waals surface area contributed by atoms with Crippen LogP contribution in [-0.4, -0.2) is 89.2 Å². The van der Waals surface area contributed by atoms with Crippen LogP contribution >= 0.6 is 0 Å². The van der Waals surface area contributed by atoms with Gasteiger partial charge in [0.15, 0.2) is 11.4 Å². The lowest BCUT2D eigenvalue weighted by atomic mass is 9.58. The number of aliphatic hydroxyl groups excluding tert-OH is 2. The summed E-state index contributed by atoms with van der Waals surface area (Å²) in [5.41, 5.74) is 4.37. The number of carbonyl (C=O) groups excluding carboxylic acids is 3. The molecule has 4 aliphatic rings. The molecule has 0 heterocycles. The van der Waals surface area contributed by atoms with Gasteiger partial charge in [-0.25, -0.2) is 0 Å². The smallest absolute Gasteiger partial charge is 0.255 e. The lowest BCUT2D eigenvalue weighted by molar-refractivity contribution is -0.148. The molecule has 1 amide bonds. The molecule has 11 heteroatoms. The molecule has 0 radical (unpaired) electrons. The number of aromatic hydroxyl groups is 1. The minimum Gasteiger partial charge on any atom is -0.510 e. The first kappa shape index (κ1) is 30.1. The van der Waals surface area contributed by atoms with Crippen molar-refractivity contribution in [2.24, 2.45) is 23.0 Å². The number of ketones is 2. The molecule has 228 valence electrons. The monoisotopic (exact) mass is 582 g/mol. The number of carbonyl (C=O) groups is 3. The van der Waals surface area contributed by atoms with Crippen LogP contribution < -0.4 is 16.0 Å². The Morgan fingerprint density at radius 2 is 1.81 bits per heavy atom. The van der Waals surface area contributed by atoms with Gasteiger partial charge < -0.3 is 36.4 Å². The van der Waals surface area contributed by atoms with E-state index in [1.165, 1.54) is 19.3 Å². The molecule has 4 aliphatic carbocycles. The Hall–Kier alpha value is -3.41. The standard InChI is InChI=1S/C31H42N4O7/c1-6-30(8-7-9-30)14-33-13-16-12-19(36)21-17(23(16)34(2)3)10-15-11-18-24(35(4)5)26(38)22(29(32)41)28(40)31(18,42)27(39)20(15)25(21)37/h12,15,18,24,33,36,38-39,42H,6-11,13-14H2,1-5H3,(H2,32,41)/t15-,18-,24-,31-/m0/s1. The number of hydrogen-bond acceptors (Lipinski definition) is 10. The zero-order valence-corrected chi connectivity index (χ0v) is 25.0. The molecule has 7 N–H and O–H groups in total. The van der Waals surface area contributed by atoms with Gasteiger partial charge in [0.05, 0.1) is 11.6 Å². The summed E-state index contributed by atoms with van der Waals surface area (Å²) in [6, 6.07) is 0.543. The number of rotatable bonds is 8. The summed E-state index contributed by atoms with van der Waals surface area (Å²) >= 11 is 0. The molecule has 0 bridgehead atoms. The zero-order chi connectivity index (χ0) is 30.9. The molecule has 1 fully saturated rings. The van der Waals surface area contributed by atoms with Crippen LogP contribution in [0, 0.1) is 17.3 Å². The Morgan fingerprint density at radius 1 is 1.14 bits per heavy atom. The van der Waals surface area contributed by atoms with E-state index < -0.39 is 58.0 Å². The lowest BCUT2D eigenvalue weighted by Crippen LogP contribution is -2.63. The summed E-state index contributed by atoms with van der Waals surface area (Å²) in [4.78, 5) is 43.1. The number of fused-ring (bicyclic) bond motifs is 3. The molecule has 1 aromatic carbocycles. The Morgan fingerprint density at radius 3 is 2.33 bits per heavy atom. The number of nitrogens with zero attached hydrogens (tertiary/aromatic N) is 2. The third-order valence-corrected chi connectivity index (χ3v) is 10.2. The number of Topliss-reactive ketones (excluding diaryl/α,β-unsaturated/α-hetero) is 2. The van der Waals surface area contributed by atoms with Gasteiger partial charge >= 0.3 is 0 Å². The number of likely N-dealkylation sites (N-methyl/N-ethyl adjacent to an activating group) is 1. The van der Waals surface area contributed by atoms with Gasteiger partial charge in [0.2, 0.25) is 5.78 Å². The van der Waals surface area contributed by atoms with Gasteiger partial charge in [0, 0.05) is 44.4 Å².